The molecule has 1 fully saturated rings. The molecule has 1 aliphatic rings. The van der Waals surface area contributed by atoms with E-state index < -0.39 is 0 Å². The number of hydrogen-bond donors (Lipinski definition) is 1. The maximum atomic E-state index is 12.5. The first kappa shape index (κ1) is 16.5. The molecule has 4 rings (SSSR count). The highest BCUT2D eigenvalue weighted by atomic mass is 32.1. The van der Waals surface area contributed by atoms with Crippen LogP contribution in [0.4, 0.5) is 11.1 Å². The van der Waals surface area contributed by atoms with Crippen LogP contribution >= 0.6 is 11.3 Å². The minimum atomic E-state index is -0.0443. The number of pyridine rings is 1. The predicted molar refractivity (Wildman–Crippen MR) is 98.7 cm³/mol. The number of anilines is 2. The highest BCUT2D eigenvalue weighted by Gasteiger charge is 2.26. The van der Waals surface area contributed by atoms with Crippen LogP contribution in [0.15, 0.2) is 42.9 Å². The zero-order valence-corrected chi connectivity index (χ0v) is 14.8. The van der Waals surface area contributed by atoms with E-state index >= 15 is 0 Å². The minimum absolute atomic E-state index is 0.0117. The van der Waals surface area contributed by atoms with Gasteiger partial charge in [-0.15, -0.1) is 10.2 Å². The molecule has 3 aromatic heterocycles. The number of aromatic nitrogens is 5. The molecule has 1 saturated heterocycles. The second-order valence-electron chi connectivity index (χ2n) is 5.93. The molecule has 0 saturated carbocycles. The second-order valence-corrected chi connectivity index (χ2v) is 6.90. The zero-order valence-electron chi connectivity index (χ0n) is 13.9. The van der Waals surface area contributed by atoms with E-state index in [-0.39, 0.29) is 11.8 Å². The SMILES string of the molecule is O=C(Nc1nnc(-c2ccccn2)s1)C1CCN(c2ncccn2)CC1. The van der Waals surface area contributed by atoms with Crippen LogP contribution in [0.1, 0.15) is 12.8 Å². The van der Waals surface area contributed by atoms with Crippen molar-refractivity contribution in [1.29, 1.82) is 0 Å². The Balaban J connectivity index is 1.34. The van der Waals surface area contributed by atoms with Gasteiger partial charge in [-0.2, -0.15) is 0 Å². The lowest BCUT2D eigenvalue weighted by Crippen LogP contribution is -2.39. The lowest BCUT2D eigenvalue weighted by Gasteiger charge is -2.30. The third-order valence-electron chi connectivity index (χ3n) is 4.24. The third kappa shape index (κ3) is 3.67. The molecule has 0 unspecified atom stereocenters. The van der Waals surface area contributed by atoms with E-state index in [4.69, 9.17) is 0 Å². The topological polar surface area (TPSA) is 96.8 Å². The summed E-state index contributed by atoms with van der Waals surface area (Å²) in [6.07, 6.45) is 6.69. The molecular weight excluding hydrogens is 350 g/mol. The van der Waals surface area contributed by atoms with Crippen LogP contribution in [0.5, 0.6) is 0 Å². The van der Waals surface area contributed by atoms with Crippen LogP contribution in [0.25, 0.3) is 10.7 Å². The van der Waals surface area contributed by atoms with E-state index in [2.05, 4.69) is 35.4 Å². The Morgan fingerprint density at radius 3 is 2.54 bits per heavy atom. The van der Waals surface area contributed by atoms with Crippen molar-refractivity contribution in [2.24, 2.45) is 5.92 Å². The van der Waals surface area contributed by atoms with Crippen molar-refractivity contribution in [1.82, 2.24) is 25.1 Å². The van der Waals surface area contributed by atoms with Gasteiger partial charge in [-0.05, 0) is 31.0 Å². The number of carbonyl (C=O) groups is 1. The van der Waals surface area contributed by atoms with Gasteiger partial charge in [0.05, 0.1) is 0 Å². The fourth-order valence-corrected chi connectivity index (χ4v) is 3.59. The Labute approximate surface area is 154 Å². The highest BCUT2D eigenvalue weighted by Crippen LogP contribution is 2.26. The van der Waals surface area contributed by atoms with Crippen molar-refractivity contribution < 1.29 is 4.79 Å². The van der Waals surface area contributed by atoms with Gasteiger partial charge in [0.15, 0.2) is 5.01 Å². The normalized spacial score (nSPS) is 15.0. The number of amides is 1. The van der Waals surface area contributed by atoms with Gasteiger partial charge >= 0.3 is 0 Å². The summed E-state index contributed by atoms with van der Waals surface area (Å²) < 4.78 is 0. The summed E-state index contributed by atoms with van der Waals surface area (Å²) in [4.78, 5) is 27.4. The Kier molecular flexibility index (Phi) is 4.78. The van der Waals surface area contributed by atoms with E-state index in [1.54, 1.807) is 24.7 Å². The van der Waals surface area contributed by atoms with E-state index in [9.17, 15) is 4.79 Å². The summed E-state index contributed by atoms with van der Waals surface area (Å²) in [6.45, 7) is 1.52. The lowest BCUT2D eigenvalue weighted by molar-refractivity contribution is -0.120. The number of nitrogens with zero attached hydrogens (tertiary/aromatic N) is 6. The van der Waals surface area contributed by atoms with Gasteiger partial charge in [0.25, 0.3) is 0 Å². The molecule has 0 radical (unpaired) electrons. The summed E-state index contributed by atoms with van der Waals surface area (Å²) in [6, 6.07) is 7.41. The number of rotatable bonds is 4. The average Bonchev–Trinajstić information content (AvgIpc) is 3.18. The molecule has 1 N–H and O–H groups in total. The Morgan fingerprint density at radius 1 is 1.04 bits per heavy atom. The number of nitrogens with one attached hydrogen (secondary N) is 1. The van der Waals surface area contributed by atoms with Gasteiger partial charge in [0.1, 0.15) is 5.69 Å². The van der Waals surface area contributed by atoms with Crippen LogP contribution in [0.3, 0.4) is 0 Å². The Morgan fingerprint density at radius 2 is 1.81 bits per heavy atom. The first-order valence-corrected chi connectivity index (χ1v) is 9.19. The van der Waals surface area contributed by atoms with Gasteiger partial charge < -0.3 is 10.2 Å². The molecule has 0 aromatic carbocycles. The maximum absolute atomic E-state index is 12.5. The van der Waals surface area contributed by atoms with Crippen molar-refractivity contribution in [3.05, 3.63) is 42.9 Å². The molecule has 0 atom stereocenters. The van der Waals surface area contributed by atoms with Crippen LogP contribution in [-0.4, -0.2) is 44.1 Å². The van der Waals surface area contributed by atoms with Crippen molar-refractivity contribution in [3.63, 3.8) is 0 Å². The minimum Gasteiger partial charge on any atom is -0.341 e. The largest absolute Gasteiger partial charge is 0.341 e. The zero-order chi connectivity index (χ0) is 17.8. The molecule has 1 amide bonds. The second kappa shape index (κ2) is 7.52. The van der Waals surface area contributed by atoms with Crippen LogP contribution in [0, 0.1) is 5.92 Å². The Hall–Kier alpha value is -2.94. The fraction of sp³-hybridized carbons (Fsp3) is 0.294. The maximum Gasteiger partial charge on any atom is 0.229 e. The monoisotopic (exact) mass is 367 g/mol. The molecule has 1 aliphatic heterocycles. The molecular formula is C17H17N7OS. The molecule has 9 heteroatoms. The molecule has 8 nitrogen and oxygen atoms in total. The quantitative estimate of drug-likeness (QED) is 0.755. The molecule has 3 aromatic rings. The first-order valence-electron chi connectivity index (χ1n) is 8.37. The lowest BCUT2D eigenvalue weighted by atomic mass is 9.96. The fourth-order valence-electron chi connectivity index (χ4n) is 2.87. The van der Waals surface area contributed by atoms with E-state index in [0.717, 1.165) is 37.6 Å². The van der Waals surface area contributed by atoms with Crippen LogP contribution < -0.4 is 10.2 Å². The predicted octanol–water partition coefficient (Wildman–Crippen LogP) is 2.25. The molecule has 132 valence electrons. The van der Waals surface area contributed by atoms with Crippen molar-refractivity contribution in [2.75, 3.05) is 23.3 Å². The van der Waals surface area contributed by atoms with Crippen LogP contribution in [0.2, 0.25) is 0 Å². The van der Waals surface area contributed by atoms with Crippen LogP contribution in [-0.2, 0) is 4.79 Å². The molecule has 4 heterocycles. The number of hydrogen-bond acceptors (Lipinski definition) is 8. The van der Waals surface area contributed by atoms with Crippen molar-refractivity contribution >= 4 is 28.3 Å². The molecule has 26 heavy (non-hydrogen) atoms. The van der Waals surface area contributed by atoms with E-state index in [1.807, 2.05) is 18.2 Å². The van der Waals surface area contributed by atoms with E-state index in [1.165, 1.54) is 11.3 Å². The number of carbonyl (C=O) groups excluding carboxylic acids is 1. The van der Waals surface area contributed by atoms with Crippen molar-refractivity contribution in [3.8, 4) is 10.7 Å². The van der Waals surface area contributed by atoms with Gasteiger partial charge in [-0.25, -0.2) is 9.97 Å². The number of piperidine rings is 1. The summed E-state index contributed by atoms with van der Waals surface area (Å²) in [5.74, 6) is 0.662. The standard InChI is InChI=1S/C17H17N7OS/c25-14(12-5-10-24(11-6-12)16-19-8-3-9-20-16)21-17-23-22-15(26-17)13-4-1-2-7-18-13/h1-4,7-9,12H,5-6,10-11H2,(H,21,23,25). The Bertz CT molecular complexity index is 863. The highest BCUT2D eigenvalue weighted by molar-refractivity contribution is 7.18. The summed E-state index contributed by atoms with van der Waals surface area (Å²) >= 11 is 1.33. The van der Waals surface area contributed by atoms with Crippen molar-refractivity contribution in [2.45, 2.75) is 12.8 Å². The van der Waals surface area contributed by atoms with Gasteiger partial charge in [-0.1, -0.05) is 17.4 Å². The summed E-state index contributed by atoms with van der Waals surface area (Å²) in [7, 11) is 0. The smallest absolute Gasteiger partial charge is 0.229 e. The van der Waals surface area contributed by atoms with Gasteiger partial charge in [0, 0.05) is 37.6 Å². The van der Waals surface area contributed by atoms with Gasteiger partial charge in [-0.3, -0.25) is 9.78 Å². The molecule has 0 aliphatic carbocycles. The molecule has 0 bridgehead atoms. The molecule has 0 spiro atoms. The summed E-state index contributed by atoms with van der Waals surface area (Å²) in [5, 5.41) is 12.2. The summed E-state index contributed by atoms with van der Waals surface area (Å²) in [5.41, 5.74) is 0.752. The average molecular weight is 367 g/mol. The third-order valence-corrected chi connectivity index (χ3v) is 5.10. The van der Waals surface area contributed by atoms with E-state index in [0.29, 0.717) is 10.1 Å². The first-order chi connectivity index (χ1) is 12.8. The van der Waals surface area contributed by atoms with Gasteiger partial charge in [0.2, 0.25) is 17.0 Å².